The van der Waals surface area contributed by atoms with Crippen molar-refractivity contribution in [3.05, 3.63) is 22.8 Å². The Morgan fingerprint density at radius 2 is 2.18 bits per heavy atom. The van der Waals surface area contributed by atoms with E-state index in [4.69, 9.17) is 16.7 Å². The van der Waals surface area contributed by atoms with Crippen molar-refractivity contribution < 1.29 is 15.0 Å². The van der Waals surface area contributed by atoms with E-state index in [2.05, 4.69) is 4.98 Å². The number of hydrogen-bond acceptors (Lipinski definition) is 4. The highest BCUT2D eigenvalue weighted by Crippen LogP contribution is 2.28. The second-order valence-corrected chi connectivity index (χ2v) is 4.77. The van der Waals surface area contributed by atoms with Crippen LogP contribution in [0.2, 0.25) is 5.02 Å². The molecule has 0 radical (unpaired) electrons. The predicted molar refractivity (Wildman–Crippen MR) is 65.8 cm³/mol. The summed E-state index contributed by atoms with van der Waals surface area (Å²) in [7, 11) is 1.74. The van der Waals surface area contributed by atoms with Gasteiger partial charge in [0.2, 0.25) is 0 Å². The molecule has 0 amide bonds. The Labute approximate surface area is 105 Å². The lowest BCUT2D eigenvalue weighted by molar-refractivity contribution is 0.0696. The summed E-state index contributed by atoms with van der Waals surface area (Å²) in [6.45, 7) is 3.59. The van der Waals surface area contributed by atoms with Gasteiger partial charge in [0.15, 0.2) is 0 Å². The smallest absolute Gasteiger partial charge is 0.337 e. The number of aromatic nitrogens is 1. The van der Waals surface area contributed by atoms with E-state index in [1.807, 2.05) is 13.8 Å². The zero-order valence-corrected chi connectivity index (χ0v) is 10.7. The highest BCUT2D eigenvalue weighted by atomic mass is 35.5. The van der Waals surface area contributed by atoms with Crippen LogP contribution in [0.1, 0.15) is 24.2 Å². The van der Waals surface area contributed by atoms with Crippen molar-refractivity contribution in [3.8, 4) is 0 Å². The number of carboxylic acid groups (broad SMARTS) is 1. The molecule has 0 atom stereocenters. The van der Waals surface area contributed by atoms with Gasteiger partial charge in [0, 0.05) is 13.2 Å². The van der Waals surface area contributed by atoms with E-state index >= 15 is 0 Å². The van der Waals surface area contributed by atoms with Crippen LogP contribution in [0.25, 0.3) is 0 Å². The van der Waals surface area contributed by atoms with Gasteiger partial charge < -0.3 is 15.1 Å². The molecule has 94 valence electrons. The number of carboxylic acids is 1. The SMILES string of the molecule is CN(c1ncc(C(=O)O)cc1Cl)C(C)(C)CO. The number of hydrogen-bond donors (Lipinski definition) is 2. The molecule has 17 heavy (non-hydrogen) atoms. The van der Waals surface area contributed by atoms with Crippen molar-refractivity contribution in [3.63, 3.8) is 0 Å². The van der Waals surface area contributed by atoms with Crippen molar-refractivity contribution in [2.24, 2.45) is 0 Å². The summed E-state index contributed by atoms with van der Waals surface area (Å²) in [4.78, 5) is 16.5. The standard InChI is InChI=1S/C11H15ClN2O3/c1-11(2,6-15)14(3)9-8(12)4-7(5-13-9)10(16)17/h4-5,15H,6H2,1-3H3,(H,16,17). The maximum absolute atomic E-state index is 10.7. The Balaban J connectivity index is 3.12. The fourth-order valence-corrected chi connectivity index (χ4v) is 1.48. The molecule has 0 aliphatic rings. The minimum Gasteiger partial charge on any atom is -0.478 e. The number of aromatic carboxylic acids is 1. The monoisotopic (exact) mass is 258 g/mol. The molecule has 0 aliphatic carbocycles. The van der Waals surface area contributed by atoms with Crippen molar-refractivity contribution in [2.45, 2.75) is 19.4 Å². The number of pyridine rings is 1. The molecule has 1 aromatic rings. The molecule has 1 aromatic heterocycles. The van der Waals surface area contributed by atoms with E-state index in [0.717, 1.165) is 0 Å². The van der Waals surface area contributed by atoms with E-state index in [0.29, 0.717) is 5.82 Å². The maximum atomic E-state index is 10.7. The van der Waals surface area contributed by atoms with Crippen LogP contribution in [0.4, 0.5) is 5.82 Å². The predicted octanol–water partition coefficient (Wildman–Crippen LogP) is 1.64. The molecule has 0 aromatic carbocycles. The third kappa shape index (κ3) is 2.87. The van der Waals surface area contributed by atoms with Gasteiger partial charge in [-0.25, -0.2) is 9.78 Å². The Hall–Kier alpha value is -1.33. The van der Waals surface area contributed by atoms with Crippen LogP contribution < -0.4 is 4.90 Å². The number of aliphatic hydroxyl groups excluding tert-OH is 1. The summed E-state index contributed by atoms with van der Waals surface area (Å²) < 4.78 is 0. The van der Waals surface area contributed by atoms with Crippen LogP contribution >= 0.6 is 11.6 Å². The lowest BCUT2D eigenvalue weighted by Gasteiger charge is -2.35. The van der Waals surface area contributed by atoms with Gasteiger partial charge in [-0.05, 0) is 19.9 Å². The number of carbonyl (C=O) groups is 1. The highest BCUT2D eigenvalue weighted by Gasteiger charge is 2.25. The number of halogens is 1. The second-order valence-electron chi connectivity index (χ2n) is 4.36. The maximum Gasteiger partial charge on any atom is 0.337 e. The Kier molecular flexibility index (Phi) is 3.95. The molecule has 0 spiro atoms. The van der Waals surface area contributed by atoms with Crippen molar-refractivity contribution in [2.75, 3.05) is 18.6 Å². The number of aliphatic hydroxyl groups is 1. The molecule has 0 saturated carbocycles. The first-order valence-electron chi connectivity index (χ1n) is 5.03. The van der Waals surface area contributed by atoms with Crippen LogP contribution in [0.3, 0.4) is 0 Å². The molecular formula is C11H15ClN2O3. The van der Waals surface area contributed by atoms with Gasteiger partial charge in [-0.1, -0.05) is 11.6 Å². The van der Waals surface area contributed by atoms with E-state index in [-0.39, 0.29) is 17.2 Å². The van der Waals surface area contributed by atoms with Crippen molar-refractivity contribution in [1.29, 1.82) is 0 Å². The molecule has 0 unspecified atom stereocenters. The number of anilines is 1. The molecule has 0 saturated heterocycles. The van der Waals surface area contributed by atoms with E-state index in [1.165, 1.54) is 12.3 Å². The third-order valence-electron chi connectivity index (χ3n) is 2.68. The van der Waals surface area contributed by atoms with Gasteiger partial charge in [-0.3, -0.25) is 0 Å². The molecule has 1 heterocycles. The first-order chi connectivity index (χ1) is 7.79. The van der Waals surface area contributed by atoms with Crippen LogP contribution in [-0.4, -0.2) is 40.4 Å². The van der Waals surface area contributed by atoms with Crippen molar-refractivity contribution in [1.82, 2.24) is 4.98 Å². The molecule has 0 fully saturated rings. The largest absolute Gasteiger partial charge is 0.478 e. The van der Waals surface area contributed by atoms with E-state index in [9.17, 15) is 9.90 Å². The fraction of sp³-hybridized carbons (Fsp3) is 0.455. The first-order valence-corrected chi connectivity index (χ1v) is 5.41. The number of rotatable bonds is 4. The minimum absolute atomic E-state index is 0.0361. The molecule has 0 aliphatic heterocycles. The topological polar surface area (TPSA) is 73.7 Å². The van der Waals surface area contributed by atoms with Crippen molar-refractivity contribution >= 4 is 23.4 Å². The summed E-state index contributed by atoms with van der Waals surface area (Å²) in [6, 6.07) is 1.34. The molecule has 0 bridgehead atoms. The lowest BCUT2D eigenvalue weighted by atomic mass is 10.1. The summed E-state index contributed by atoms with van der Waals surface area (Å²) in [5.41, 5.74) is -0.490. The Morgan fingerprint density at radius 3 is 2.59 bits per heavy atom. The summed E-state index contributed by atoms with van der Waals surface area (Å²) in [5, 5.41) is 18.3. The first kappa shape index (κ1) is 13.7. The highest BCUT2D eigenvalue weighted by molar-refractivity contribution is 6.33. The number of likely N-dealkylation sites (N-methyl/N-ethyl adjacent to an activating group) is 1. The van der Waals surface area contributed by atoms with Gasteiger partial charge in [0.1, 0.15) is 5.82 Å². The Bertz CT molecular complexity index is 435. The second kappa shape index (κ2) is 4.89. The molecule has 6 heteroatoms. The molecule has 5 nitrogen and oxygen atoms in total. The van der Waals surface area contributed by atoms with Crippen LogP contribution in [0, 0.1) is 0 Å². The minimum atomic E-state index is -1.07. The number of nitrogens with zero attached hydrogens (tertiary/aromatic N) is 2. The third-order valence-corrected chi connectivity index (χ3v) is 2.96. The van der Waals surface area contributed by atoms with Gasteiger partial charge in [-0.2, -0.15) is 0 Å². The van der Waals surface area contributed by atoms with Gasteiger partial charge in [0.05, 0.1) is 22.7 Å². The van der Waals surface area contributed by atoms with Gasteiger partial charge >= 0.3 is 5.97 Å². The summed E-state index contributed by atoms with van der Waals surface area (Å²) >= 11 is 5.98. The molecule has 1 rings (SSSR count). The average molecular weight is 259 g/mol. The lowest BCUT2D eigenvalue weighted by Crippen LogP contribution is -2.45. The quantitative estimate of drug-likeness (QED) is 0.859. The normalized spacial score (nSPS) is 11.4. The van der Waals surface area contributed by atoms with E-state index < -0.39 is 11.5 Å². The van der Waals surface area contributed by atoms with E-state index in [1.54, 1.807) is 11.9 Å². The van der Waals surface area contributed by atoms with Gasteiger partial charge in [0.25, 0.3) is 0 Å². The molecular weight excluding hydrogens is 244 g/mol. The van der Waals surface area contributed by atoms with Gasteiger partial charge in [-0.15, -0.1) is 0 Å². The van der Waals surface area contributed by atoms with Crippen LogP contribution in [-0.2, 0) is 0 Å². The summed E-state index contributed by atoms with van der Waals surface area (Å²) in [6.07, 6.45) is 1.24. The Morgan fingerprint density at radius 1 is 1.59 bits per heavy atom. The zero-order chi connectivity index (χ0) is 13.2. The fourth-order valence-electron chi connectivity index (χ4n) is 1.19. The van der Waals surface area contributed by atoms with Crippen LogP contribution in [0.5, 0.6) is 0 Å². The summed E-state index contributed by atoms with van der Waals surface area (Å²) in [5.74, 6) is -0.634. The van der Waals surface area contributed by atoms with Crippen LogP contribution in [0.15, 0.2) is 12.3 Å². The zero-order valence-electron chi connectivity index (χ0n) is 9.94. The average Bonchev–Trinajstić information content (AvgIpc) is 2.27. The molecule has 2 N–H and O–H groups in total.